The Hall–Kier alpha value is -1.39. The van der Waals surface area contributed by atoms with Crippen molar-refractivity contribution in [3.63, 3.8) is 0 Å². The number of nitrogens with two attached hydrogens (primary N) is 1. The molecule has 2 aromatic rings. The summed E-state index contributed by atoms with van der Waals surface area (Å²) in [6.07, 6.45) is 3.09. The van der Waals surface area contributed by atoms with Gasteiger partial charge >= 0.3 is 0 Å². The normalized spacial score (nSPS) is 13.1. The topological polar surface area (TPSA) is 55.9 Å². The molecule has 2 rings (SSSR count). The fourth-order valence-electron chi connectivity index (χ4n) is 2.41. The number of aromatic nitrogens is 2. The van der Waals surface area contributed by atoms with Crippen molar-refractivity contribution < 1.29 is 0 Å². The Kier molecular flexibility index (Phi) is 4.33. The van der Waals surface area contributed by atoms with E-state index in [2.05, 4.69) is 48.2 Å². The summed E-state index contributed by atoms with van der Waals surface area (Å²) in [5.74, 6) is 5.61. The van der Waals surface area contributed by atoms with Crippen LogP contribution >= 0.6 is 0 Å². The molecule has 0 aliphatic carbocycles. The van der Waals surface area contributed by atoms with Gasteiger partial charge in [0.25, 0.3) is 0 Å². The number of rotatable bonds is 6. The molecule has 1 aromatic carbocycles. The largest absolute Gasteiger partial charge is 0.271 e. The molecule has 0 spiro atoms. The molecule has 0 saturated carbocycles. The Morgan fingerprint density at radius 3 is 2.78 bits per heavy atom. The highest BCUT2D eigenvalue weighted by Gasteiger charge is 2.13. The van der Waals surface area contributed by atoms with Gasteiger partial charge in [-0.3, -0.25) is 16.0 Å². The van der Waals surface area contributed by atoms with Crippen LogP contribution in [0.15, 0.2) is 24.3 Å². The molecule has 3 N–H and O–H groups in total. The van der Waals surface area contributed by atoms with E-state index in [1.165, 1.54) is 10.9 Å². The first-order valence-corrected chi connectivity index (χ1v) is 6.70. The van der Waals surface area contributed by atoms with Crippen LogP contribution < -0.4 is 11.3 Å². The molecule has 4 nitrogen and oxygen atoms in total. The van der Waals surface area contributed by atoms with Gasteiger partial charge in [-0.05, 0) is 19.4 Å². The first-order valence-electron chi connectivity index (χ1n) is 6.70. The smallest absolute Gasteiger partial charge is 0.0719 e. The van der Waals surface area contributed by atoms with Crippen molar-refractivity contribution in [1.29, 1.82) is 0 Å². The Balaban J connectivity index is 2.32. The monoisotopic (exact) mass is 246 g/mol. The zero-order valence-corrected chi connectivity index (χ0v) is 11.2. The van der Waals surface area contributed by atoms with Gasteiger partial charge in [0.1, 0.15) is 0 Å². The molecule has 1 heterocycles. The molecule has 98 valence electrons. The molecule has 4 heteroatoms. The Bertz CT molecular complexity index is 503. The summed E-state index contributed by atoms with van der Waals surface area (Å²) < 4.78 is 2.06. The number of hydrazine groups is 1. The molecule has 0 aliphatic rings. The summed E-state index contributed by atoms with van der Waals surface area (Å²) in [6.45, 7) is 5.19. The van der Waals surface area contributed by atoms with Crippen LogP contribution in [0.1, 0.15) is 32.4 Å². The Morgan fingerprint density at radius 1 is 1.33 bits per heavy atom. The third kappa shape index (κ3) is 2.54. The van der Waals surface area contributed by atoms with Gasteiger partial charge in [0.15, 0.2) is 0 Å². The van der Waals surface area contributed by atoms with E-state index in [-0.39, 0.29) is 0 Å². The molecule has 1 aromatic heterocycles. The number of fused-ring (bicyclic) bond motifs is 1. The minimum absolute atomic E-state index is 0.304. The van der Waals surface area contributed by atoms with Crippen molar-refractivity contribution in [2.45, 2.75) is 45.7 Å². The summed E-state index contributed by atoms with van der Waals surface area (Å²) >= 11 is 0. The van der Waals surface area contributed by atoms with E-state index in [0.717, 1.165) is 31.5 Å². The summed E-state index contributed by atoms with van der Waals surface area (Å²) in [5, 5.41) is 5.94. The zero-order valence-electron chi connectivity index (χ0n) is 11.2. The van der Waals surface area contributed by atoms with Gasteiger partial charge in [-0.2, -0.15) is 5.10 Å². The number of benzene rings is 1. The van der Waals surface area contributed by atoms with E-state index in [1.54, 1.807) is 0 Å². The van der Waals surface area contributed by atoms with Crippen LogP contribution in [0.3, 0.4) is 0 Å². The van der Waals surface area contributed by atoms with Crippen LogP contribution in [-0.2, 0) is 13.0 Å². The summed E-state index contributed by atoms with van der Waals surface area (Å²) in [4.78, 5) is 0. The van der Waals surface area contributed by atoms with Crippen LogP contribution in [-0.4, -0.2) is 15.8 Å². The average Bonchev–Trinajstić information content (AvgIpc) is 2.76. The Labute approximate surface area is 108 Å². The lowest BCUT2D eigenvalue weighted by Crippen LogP contribution is -2.36. The molecule has 0 saturated heterocycles. The third-order valence-electron chi connectivity index (χ3n) is 3.35. The molecule has 0 bridgehead atoms. The molecular formula is C14H22N4. The summed E-state index contributed by atoms with van der Waals surface area (Å²) in [7, 11) is 0. The highest BCUT2D eigenvalue weighted by molar-refractivity contribution is 5.82. The first-order chi connectivity index (χ1) is 8.80. The maximum Gasteiger partial charge on any atom is 0.0719 e. The van der Waals surface area contributed by atoms with Gasteiger partial charge in [-0.1, -0.05) is 31.5 Å². The number of aryl methyl sites for hydroxylation is 1. The van der Waals surface area contributed by atoms with Crippen molar-refractivity contribution >= 4 is 10.9 Å². The lowest BCUT2D eigenvalue weighted by atomic mass is 10.0. The minimum Gasteiger partial charge on any atom is -0.271 e. The number of hydrogen-bond acceptors (Lipinski definition) is 3. The van der Waals surface area contributed by atoms with Gasteiger partial charge in [0.2, 0.25) is 0 Å². The maximum absolute atomic E-state index is 5.61. The second kappa shape index (κ2) is 5.98. The predicted molar refractivity (Wildman–Crippen MR) is 75.1 cm³/mol. The van der Waals surface area contributed by atoms with Gasteiger partial charge in [0.05, 0.1) is 11.2 Å². The zero-order chi connectivity index (χ0) is 13.0. The average molecular weight is 246 g/mol. The van der Waals surface area contributed by atoms with Gasteiger partial charge < -0.3 is 0 Å². The fourth-order valence-corrected chi connectivity index (χ4v) is 2.41. The second-order valence-corrected chi connectivity index (χ2v) is 4.64. The molecular weight excluding hydrogens is 224 g/mol. The first kappa shape index (κ1) is 13.1. The van der Waals surface area contributed by atoms with Gasteiger partial charge in [-0.15, -0.1) is 0 Å². The molecule has 1 unspecified atom stereocenters. The van der Waals surface area contributed by atoms with Crippen LogP contribution in [0.4, 0.5) is 0 Å². The van der Waals surface area contributed by atoms with Crippen molar-refractivity contribution in [2.24, 2.45) is 5.84 Å². The quantitative estimate of drug-likeness (QED) is 0.607. The molecule has 1 atom stereocenters. The van der Waals surface area contributed by atoms with E-state index >= 15 is 0 Å². The SMILES string of the molecule is CCCC(Cc1nn(CC)c2ccccc12)NN. The molecule has 18 heavy (non-hydrogen) atoms. The Morgan fingerprint density at radius 2 is 2.11 bits per heavy atom. The van der Waals surface area contributed by atoms with Crippen molar-refractivity contribution in [3.8, 4) is 0 Å². The maximum atomic E-state index is 5.61. The van der Waals surface area contributed by atoms with Crippen molar-refractivity contribution in [2.75, 3.05) is 0 Å². The van der Waals surface area contributed by atoms with Crippen LogP contribution in [0.2, 0.25) is 0 Å². The molecule has 0 aliphatic heterocycles. The van der Waals surface area contributed by atoms with E-state index in [0.29, 0.717) is 6.04 Å². The van der Waals surface area contributed by atoms with Gasteiger partial charge in [0, 0.05) is 24.4 Å². The summed E-state index contributed by atoms with van der Waals surface area (Å²) in [5.41, 5.74) is 5.25. The van der Waals surface area contributed by atoms with E-state index in [4.69, 9.17) is 10.9 Å². The number of nitrogens with zero attached hydrogens (tertiary/aromatic N) is 2. The molecule has 0 amide bonds. The third-order valence-corrected chi connectivity index (χ3v) is 3.35. The molecule has 0 fully saturated rings. The lowest BCUT2D eigenvalue weighted by Gasteiger charge is -2.13. The fraction of sp³-hybridized carbons (Fsp3) is 0.500. The number of hydrogen-bond donors (Lipinski definition) is 2. The van der Waals surface area contributed by atoms with Crippen LogP contribution in [0.5, 0.6) is 0 Å². The lowest BCUT2D eigenvalue weighted by molar-refractivity contribution is 0.479. The highest BCUT2D eigenvalue weighted by Crippen LogP contribution is 2.20. The molecule has 0 radical (unpaired) electrons. The van der Waals surface area contributed by atoms with E-state index in [9.17, 15) is 0 Å². The number of nitrogens with one attached hydrogen (secondary N) is 1. The van der Waals surface area contributed by atoms with Crippen molar-refractivity contribution in [3.05, 3.63) is 30.0 Å². The van der Waals surface area contributed by atoms with Crippen LogP contribution in [0, 0.1) is 0 Å². The van der Waals surface area contributed by atoms with Gasteiger partial charge in [-0.25, -0.2) is 0 Å². The predicted octanol–water partition coefficient (Wildman–Crippen LogP) is 2.23. The van der Waals surface area contributed by atoms with Crippen molar-refractivity contribution in [1.82, 2.24) is 15.2 Å². The summed E-state index contributed by atoms with van der Waals surface area (Å²) in [6, 6.07) is 8.70. The van der Waals surface area contributed by atoms with E-state index < -0.39 is 0 Å². The number of para-hydroxylation sites is 1. The van der Waals surface area contributed by atoms with E-state index in [1.807, 2.05) is 0 Å². The van der Waals surface area contributed by atoms with Crippen LogP contribution in [0.25, 0.3) is 10.9 Å². The second-order valence-electron chi connectivity index (χ2n) is 4.64. The minimum atomic E-state index is 0.304. The standard InChI is InChI=1S/C14H22N4/c1-3-7-11(16-15)10-13-12-8-5-6-9-14(12)18(4-2)17-13/h5-6,8-9,11,16H,3-4,7,10,15H2,1-2H3. The highest BCUT2D eigenvalue weighted by atomic mass is 15.3.